The molecule has 1 amide bonds. The van der Waals surface area contributed by atoms with E-state index in [1.165, 1.54) is 5.56 Å². The van der Waals surface area contributed by atoms with E-state index in [2.05, 4.69) is 32.9 Å². The molecule has 1 aliphatic heterocycles. The number of methoxy groups -OCH3 is 1. The molecule has 0 bridgehead atoms. The molecule has 1 heterocycles. The van der Waals surface area contributed by atoms with Crippen LogP contribution < -0.4 is 4.74 Å². The van der Waals surface area contributed by atoms with Crippen LogP contribution in [0, 0.1) is 0 Å². The van der Waals surface area contributed by atoms with E-state index in [0.717, 1.165) is 5.56 Å². The van der Waals surface area contributed by atoms with Gasteiger partial charge in [-0.25, -0.2) is 8.42 Å². The van der Waals surface area contributed by atoms with Gasteiger partial charge >= 0.3 is 0 Å². The van der Waals surface area contributed by atoms with E-state index in [-0.39, 0.29) is 28.9 Å². The summed E-state index contributed by atoms with van der Waals surface area (Å²) >= 11 is 0. The Morgan fingerprint density at radius 1 is 1.07 bits per heavy atom. The third kappa shape index (κ3) is 5.18. The lowest BCUT2D eigenvalue weighted by atomic mass is 9.86. The lowest BCUT2D eigenvalue weighted by molar-refractivity contribution is 0.0681. The zero-order valence-electron chi connectivity index (χ0n) is 17.5. The topological polar surface area (TPSA) is 63.7 Å². The van der Waals surface area contributed by atoms with E-state index in [0.29, 0.717) is 24.3 Å². The van der Waals surface area contributed by atoms with Crippen LogP contribution in [0.3, 0.4) is 0 Å². The third-order valence-corrected chi connectivity index (χ3v) is 7.17. The molecule has 6 heteroatoms. The molecular formula is C23H29NO4S. The Morgan fingerprint density at radius 3 is 2.17 bits per heavy atom. The highest BCUT2D eigenvalue weighted by molar-refractivity contribution is 7.91. The first-order valence-corrected chi connectivity index (χ1v) is 11.7. The van der Waals surface area contributed by atoms with E-state index >= 15 is 0 Å². The molecule has 1 aliphatic rings. The molecule has 0 radical (unpaired) electrons. The van der Waals surface area contributed by atoms with Gasteiger partial charge in [-0.15, -0.1) is 0 Å². The van der Waals surface area contributed by atoms with Crippen LogP contribution in [0.15, 0.2) is 48.5 Å². The molecule has 0 aromatic heterocycles. The van der Waals surface area contributed by atoms with Gasteiger partial charge in [-0.2, -0.15) is 0 Å². The van der Waals surface area contributed by atoms with Gasteiger partial charge in [-0.05, 0) is 47.2 Å². The molecule has 5 nitrogen and oxygen atoms in total. The van der Waals surface area contributed by atoms with Crippen LogP contribution in [0.25, 0.3) is 0 Å². The lowest BCUT2D eigenvalue weighted by Gasteiger charge is -2.29. The average Bonchev–Trinajstić information content (AvgIpc) is 3.05. The van der Waals surface area contributed by atoms with Crippen LogP contribution in [0.5, 0.6) is 5.75 Å². The van der Waals surface area contributed by atoms with E-state index < -0.39 is 9.84 Å². The maximum atomic E-state index is 13.3. The zero-order valence-corrected chi connectivity index (χ0v) is 18.3. The van der Waals surface area contributed by atoms with Gasteiger partial charge in [0.25, 0.3) is 5.91 Å². The smallest absolute Gasteiger partial charge is 0.254 e. The molecule has 0 unspecified atom stereocenters. The minimum absolute atomic E-state index is 0.0228. The summed E-state index contributed by atoms with van der Waals surface area (Å²) in [6, 6.07) is 14.8. The molecular weight excluding hydrogens is 386 g/mol. The minimum Gasteiger partial charge on any atom is -0.497 e. The molecule has 1 saturated heterocycles. The SMILES string of the molecule is COc1ccc(C(=O)N(Cc2ccc(C(C)(C)C)cc2)[C@H]2CCS(=O)(=O)C2)cc1. The van der Waals surface area contributed by atoms with Crippen molar-refractivity contribution in [1.82, 2.24) is 4.90 Å². The molecule has 156 valence electrons. The molecule has 1 fully saturated rings. The Bertz CT molecular complexity index is 957. The van der Waals surface area contributed by atoms with Crippen molar-refractivity contribution in [2.24, 2.45) is 0 Å². The number of carbonyl (C=O) groups is 1. The molecule has 3 rings (SSSR count). The van der Waals surface area contributed by atoms with Gasteiger partial charge in [-0.1, -0.05) is 45.0 Å². The summed E-state index contributed by atoms with van der Waals surface area (Å²) in [5.41, 5.74) is 2.79. The van der Waals surface area contributed by atoms with Crippen LogP contribution in [-0.2, 0) is 21.8 Å². The largest absolute Gasteiger partial charge is 0.497 e. The number of rotatable bonds is 5. The number of sulfone groups is 1. The standard InChI is InChI=1S/C23H29NO4S/c1-23(2,3)19-9-5-17(6-10-19)15-24(20-13-14-29(26,27)16-20)22(25)18-7-11-21(28-4)12-8-18/h5-12,20H,13-16H2,1-4H3/t20-/m0/s1. The number of nitrogens with zero attached hydrogens (tertiary/aromatic N) is 1. The van der Waals surface area contributed by atoms with E-state index in [1.807, 2.05) is 12.1 Å². The predicted molar refractivity (Wildman–Crippen MR) is 115 cm³/mol. The van der Waals surface area contributed by atoms with Gasteiger partial charge in [0, 0.05) is 18.2 Å². The van der Waals surface area contributed by atoms with Crippen molar-refractivity contribution in [1.29, 1.82) is 0 Å². The normalized spacial score (nSPS) is 18.4. The molecule has 1 atom stereocenters. The fourth-order valence-electron chi connectivity index (χ4n) is 3.59. The van der Waals surface area contributed by atoms with Crippen molar-refractivity contribution in [2.75, 3.05) is 18.6 Å². The first-order valence-electron chi connectivity index (χ1n) is 9.84. The van der Waals surface area contributed by atoms with Crippen LogP contribution in [0.2, 0.25) is 0 Å². The summed E-state index contributed by atoms with van der Waals surface area (Å²) in [6.45, 7) is 6.86. The highest BCUT2D eigenvalue weighted by atomic mass is 32.2. The molecule has 0 spiro atoms. The highest BCUT2D eigenvalue weighted by Gasteiger charge is 2.35. The first kappa shape index (κ1) is 21.4. The van der Waals surface area contributed by atoms with Gasteiger partial charge in [0.2, 0.25) is 0 Å². The highest BCUT2D eigenvalue weighted by Crippen LogP contribution is 2.25. The summed E-state index contributed by atoms with van der Waals surface area (Å²) in [5, 5.41) is 0. The van der Waals surface area contributed by atoms with Crippen molar-refractivity contribution in [2.45, 2.75) is 45.2 Å². The number of carbonyl (C=O) groups excluding carboxylic acids is 1. The van der Waals surface area contributed by atoms with Crippen LogP contribution in [0.4, 0.5) is 0 Å². The van der Waals surface area contributed by atoms with E-state index in [9.17, 15) is 13.2 Å². The van der Waals surface area contributed by atoms with Crippen molar-refractivity contribution in [3.05, 3.63) is 65.2 Å². The molecule has 0 N–H and O–H groups in total. The third-order valence-electron chi connectivity index (χ3n) is 5.42. The average molecular weight is 416 g/mol. The molecule has 2 aromatic carbocycles. The summed E-state index contributed by atoms with van der Waals surface area (Å²) in [7, 11) is -1.52. The quantitative estimate of drug-likeness (QED) is 0.745. The number of benzene rings is 2. The van der Waals surface area contributed by atoms with E-state index in [1.54, 1.807) is 36.3 Å². The maximum Gasteiger partial charge on any atom is 0.254 e. The van der Waals surface area contributed by atoms with Crippen molar-refractivity contribution in [3.63, 3.8) is 0 Å². The van der Waals surface area contributed by atoms with Crippen LogP contribution >= 0.6 is 0 Å². The number of ether oxygens (including phenoxy) is 1. The van der Waals surface area contributed by atoms with E-state index in [4.69, 9.17) is 4.74 Å². The molecule has 0 aliphatic carbocycles. The van der Waals surface area contributed by atoms with Gasteiger partial charge in [0.15, 0.2) is 9.84 Å². The van der Waals surface area contributed by atoms with Crippen LogP contribution in [0.1, 0.15) is 48.7 Å². The first-order chi connectivity index (χ1) is 13.6. The van der Waals surface area contributed by atoms with Gasteiger partial charge < -0.3 is 9.64 Å². The van der Waals surface area contributed by atoms with Crippen molar-refractivity contribution < 1.29 is 17.9 Å². The Balaban J connectivity index is 1.87. The Labute approximate surface area is 173 Å². The number of hydrogen-bond donors (Lipinski definition) is 0. The van der Waals surface area contributed by atoms with Gasteiger partial charge in [0.05, 0.1) is 18.6 Å². The Morgan fingerprint density at radius 2 is 1.69 bits per heavy atom. The predicted octanol–water partition coefficient (Wildman–Crippen LogP) is 3.82. The number of hydrogen-bond acceptors (Lipinski definition) is 4. The molecule has 2 aromatic rings. The van der Waals surface area contributed by atoms with Crippen LogP contribution in [-0.4, -0.2) is 43.9 Å². The summed E-state index contributed by atoms with van der Waals surface area (Å²) in [6.07, 6.45) is 0.476. The van der Waals surface area contributed by atoms with Gasteiger partial charge in [-0.3, -0.25) is 4.79 Å². The Kier molecular flexibility index (Phi) is 6.03. The Hall–Kier alpha value is -2.34. The zero-order chi connectivity index (χ0) is 21.2. The number of amides is 1. The monoisotopic (exact) mass is 415 g/mol. The van der Waals surface area contributed by atoms with Crippen molar-refractivity contribution in [3.8, 4) is 5.75 Å². The maximum absolute atomic E-state index is 13.3. The van der Waals surface area contributed by atoms with Gasteiger partial charge in [0.1, 0.15) is 5.75 Å². The fourth-order valence-corrected chi connectivity index (χ4v) is 5.32. The summed E-state index contributed by atoms with van der Waals surface area (Å²) < 4.78 is 29.2. The second-order valence-electron chi connectivity index (χ2n) is 8.67. The second-order valence-corrected chi connectivity index (χ2v) is 10.9. The fraction of sp³-hybridized carbons (Fsp3) is 0.435. The lowest BCUT2D eigenvalue weighted by Crippen LogP contribution is -2.40. The minimum atomic E-state index is -3.10. The summed E-state index contributed by atoms with van der Waals surface area (Å²) in [4.78, 5) is 15.0. The summed E-state index contributed by atoms with van der Waals surface area (Å²) in [5.74, 6) is 0.672. The molecule has 29 heavy (non-hydrogen) atoms. The van der Waals surface area contributed by atoms with Crippen molar-refractivity contribution >= 4 is 15.7 Å². The second kappa shape index (κ2) is 8.19. The molecule has 0 saturated carbocycles.